The number of likely N-dealkylation sites (N-methyl/N-ethyl adjacent to an activating group) is 1. The van der Waals surface area contributed by atoms with Gasteiger partial charge in [-0.3, -0.25) is 0 Å². The summed E-state index contributed by atoms with van der Waals surface area (Å²) in [5, 5.41) is 17.6. The topological polar surface area (TPSA) is 69.7 Å². The Bertz CT molecular complexity index is 109. The lowest BCUT2D eigenvalue weighted by Gasteiger charge is -2.19. The highest BCUT2D eigenvalue weighted by atomic mass is 16.3. The van der Waals surface area contributed by atoms with Gasteiger partial charge in [0.15, 0.2) is 0 Å². The van der Waals surface area contributed by atoms with Gasteiger partial charge < -0.3 is 20.8 Å². The van der Waals surface area contributed by atoms with Crippen LogP contribution in [0.1, 0.15) is 13.3 Å². The van der Waals surface area contributed by atoms with Crippen molar-refractivity contribution in [2.24, 2.45) is 5.73 Å². The highest BCUT2D eigenvalue weighted by Gasteiger charge is 2.06. The molecule has 0 amide bonds. The van der Waals surface area contributed by atoms with E-state index in [1.807, 2.05) is 18.9 Å². The summed E-state index contributed by atoms with van der Waals surface area (Å²) in [5.74, 6) is 0. The van der Waals surface area contributed by atoms with Crippen molar-refractivity contribution in [3.63, 3.8) is 0 Å². The van der Waals surface area contributed by atoms with Gasteiger partial charge >= 0.3 is 0 Å². The minimum absolute atomic E-state index is 0.178. The molecule has 0 aliphatic carbocycles. The van der Waals surface area contributed by atoms with Crippen LogP contribution in [0.4, 0.5) is 0 Å². The van der Waals surface area contributed by atoms with E-state index in [0.717, 1.165) is 13.0 Å². The Balaban J connectivity index is 3.39. The SMILES string of the molecule is CC(N)CCN(C)CC(O)CO. The average Bonchev–Trinajstić information content (AvgIpc) is 2.00. The van der Waals surface area contributed by atoms with Crippen molar-refractivity contribution < 1.29 is 10.2 Å². The minimum Gasteiger partial charge on any atom is -0.394 e. The predicted octanol–water partition coefficient (Wildman–Crippen LogP) is -0.991. The molecule has 0 saturated heterocycles. The fraction of sp³-hybridized carbons (Fsp3) is 1.00. The molecule has 74 valence electrons. The van der Waals surface area contributed by atoms with Crippen molar-refractivity contribution in [3.05, 3.63) is 0 Å². The van der Waals surface area contributed by atoms with Gasteiger partial charge in [-0.15, -0.1) is 0 Å². The predicted molar refractivity (Wildman–Crippen MR) is 48.9 cm³/mol. The van der Waals surface area contributed by atoms with Crippen molar-refractivity contribution in [1.82, 2.24) is 4.90 Å². The molecule has 12 heavy (non-hydrogen) atoms. The zero-order valence-corrected chi connectivity index (χ0v) is 7.90. The minimum atomic E-state index is -0.636. The molecule has 0 heterocycles. The molecule has 0 fully saturated rings. The maximum absolute atomic E-state index is 9.07. The normalized spacial score (nSPS) is 16.5. The van der Waals surface area contributed by atoms with E-state index in [0.29, 0.717) is 6.54 Å². The molecule has 0 radical (unpaired) electrons. The summed E-state index contributed by atoms with van der Waals surface area (Å²) in [6.45, 7) is 3.14. The summed E-state index contributed by atoms with van der Waals surface area (Å²) < 4.78 is 0. The molecule has 4 N–H and O–H groups in total. The van der Waals surface area contributed by atoms with Gasteiger partial charge in [-0.25, -0.2) is 0 Å². The van der Waals surface area contributed by atoms with Crippen LogP contribution in [0.5, 0.6) is 0 Å². The first-order chi connectivity index (χ1) is 5.56. The lowest BCUT2D eigenvalue weighted by Crippen LogP contribution is -2.34. The third-order valence-electron chi connectivity index (χ3n) is 1.70. The smallest absolute Gasteiger partial charge is 0.0897 e. The van der Waals surface area contributed by atoms with E-state index in [4.69, 9.17) is 15.9 Å². The molecule has 0 bridgehead atoms. The van der Waals surface area contributed by atoms with E-state index >= 15 is 0 Å². The number of rotatable bonds is 6. The van der Waals surface area contributed by atoms with Crippen molar-refractivity contribution in [2.75, 3.05) is 26.7 Å². The van der Waals surface area contributed by atoms with Gasteiger partial charge in [-0.2, -0.15) is 0 Å². The van der Waals surface area contributed by atoms with Gasteiger partial charge in [-0.1, -0.05) is 0 Å². The van der Waals surface area contributed by atoms with E-state index in [-0.39, 0.29) is 12.6 Å². The van der Waals surface area contributed by atoms with Gasteiger partial charge in [0.25, 0.3) is 0 Å². The number of aliphatic hydroxyl groups is 2. The largest absolute Gasteiger partial charge is 0.394 e. The van der Waals surface area contributed by atoms with E-state index in [2.05, 4.69) is 0 Å². The standard InChI is InChI=1S/C8H20N2O2/c1-7(9)3-4-10(2)5-8(12)6-11/h7-8,11-12H,3-6,9H2,1-2H3. The fourth-order valence-corrected chi connectivity index (χ4v) is 0.933. The van der Waals surface area contributed by atoms with Crippen molar-refractivity contribution in [2.45, 2.75) is 25.5 Å². The summed E-state index contributed by atoms with van der Waals surface area (Å²) >= 11 is 0. The highest BCUT2D eigenvalue weighted by molar-refractivity contribution is 4.62. The van der Waals surface area contributed by atoms with Crippen molar-refractivity contribution >= 4 is 0 Å². The molecule has 0 aromatic rings. The number of nitrogens with zero attached hydrogens (tertiary/aromatic N) is 1. The lowest BCUT2D eigenvalue weighted by molar-refractivity contribution is 0.0660. The molecule has 0 spiro atoms. The summed E-state index contributed by atoms with van der Waals surface area (Å²) in [7, 11) is 1.90. The van der Waals surface area contributed by atoms with Crippen molar-refractivity contribution in [3.8, 4) is 0 Å². The zero-order chi connectivity index (χ0) is 9.56. The molecule has 0 saturated carbocycles. The Kier molecular flexibility index (Phi) is 6.28. The summed E-state index contributed by atoms with van der Waals surface area (Å²) in [6.07, 6.45) is 0.275. The van der Waals surface area contributed by atoms with E-state index in [9.17, 15) is 0 Å². The zero-order valence-electron chi connectivity index (χ0n) is 7.90. The second-order valence-electron chi connectivity index (χ2n) is 3.36. The molecular formula is C8H20N2O2. The van der Waals surface area contributed by atoms with Crippen molar-refractivity contribution in [1.29, 1.82) is 0 Å². The molecule has 4 heteroatoms. The van der Waals surface area contributed by atoms with Crippen LogP contribution in [0.3, 0.4) is 0 Å². The maximum Gasteiger partial charge on any atom is 0.0897 e. The van der Waals surface area contributed by atoms with Crippen LogP contribution in [0, 0.1) is 0 Å². The van der Waals surface area contributed by atoms with Gasteiger partial charge in [0.05, 0.1) is 12.7 Å². The molecule has 0 rings (SSSR count). The first-order valence-corrected chi connectivity index (χ1v) is 4.29. The number of hydrogen-bond donors (Lipinski definition) is 3. The van der Waals surface area contributed by atoms with Crippen LogP contribution in [0.15, 0.2) is 0 Å². The lowest BCUT2D eigenvalue weighted by atomic mass is 10.2. The first-order valence-electron chi connectivity index (χ1n) is 4.29. The molecule has 0 aromatic heterocycles. The third-order valence-corrected chi connectivity index (χ3v) is 1.70. The average molecular weight is 176 g/mol. The summed E-state index contributed by atoms with van der Waals surface area (Å²) in [4.78, 5) is 1.96. The Morgan fingerprint density at radius 1 is 1.50 bits per heavy atom. The Labute approximate surface area is 74.0 Å². The second-order valence-corrected chi connectivity index (χ2v) is 3.36. The summed E-state index contributed by atoms with van der Waals surface area (Å²) in [6, 6.07) is 0.193. The fourth-order valence-electron chi connectivity index (χ4n) is 0.933. The molecule has 0 aliphatic heterocycles. The highest BCUT2D eigenvalue weighted by Crippen LogP contribution is 1.93. The number of aliphatic hydroxyl groups excluding tert-OH is 2. The van der Waals surface area contributed by atoms with Gasteiger partial charge in [0.1, 0.15) is 0 Å². The van der Waals surface area contributed by atoms with Crippen LogP contribution in [0.2, 0.25) is 0 Å². The van der Waals surface area contributed by atoms with Crippen LogP contribution < -0.4 is 5.73 Å². The van der Waals surface area contributed by atoms with Crippen LogP contribution in [0.25, 0.3) is 0 Å². The molecule has 2 atom stereocenters. The molecule has 0 aliphatic rings. The molecular weight excluding hydrogens is 156 g/mol. The first kappa shape index (κ1) is 11.8. The number of hydrogen-bond acceptors (Lipinski definition) is 4. The number of nitrogens with two attached hydrogens (primary N) is 1. The van der Waals surface area contributed by atoms with E-state index in [1.165, 1.54) is 0 Å². The molecule has 0 aromatic carbocycles. The molecule has 2 unspecified atom stereocenters. The van der Waals surface area contributed by atoms with Crippen LogP contribution in [-0.2, 0) is 0 Å². The Hall–Kier alpha value is -0.160. The monoisotopic (exact) mass is 176 g/mol. The third kappa shape index (κ3) is 6.54. The Morgan fingerprint density at radius 3 is 2.50 bits per heavy atom. The van der Waals surface area contributed by atoms with E-state index < -0.39 is 6.10 Å². The Morgan fingerprint density at radius 2 is 2.08 bits per heavy atom. The van der Waals surface area contributed by atoms with Gasteiger partial charge in [0.2, 0.25) is 0 Å². The van der Waals surface area contributed by atoms with Gasteiger partial charge in [-0.05, 0) is 26.9 Å². The molecule has 4 nitrogen and oxygen atoms in total. The van der Waals surface area contributed by atoms with Crippen LogP contribution >= 0.6 is 0 Å². The second kappa shape index (κ2) is 6.37. The van der Waals surface area contributed by atoms with Crippen LogP contribution in [-0.4, -0.2) is 54.0 Å². The van der Waals surface area contributed by atoms with E-state index in [1.54, 1.807) is 0 Å². The van der Waals surface area contributed by atoms with Gasteiger partial charge in [0, 0.05) is 12.6 Å². The quantitative estimate of drug-likeness (QED) is 0.486. The summed E-state index contributed by atoms with van der Waals surface area (Å²) in [5.41, 5.74) is 5.57. The maximum atomic E-state index is 9.07.